The Hall–Kier alpha value is -1.26. The van der Waals surface area contributed by atoms with Crippen LogP contribution in [0.15, 0.2) is 24.3 Å². The van der Waals surface area contributed by atoms with Crippen molar-refractivity contribution in [3.8, 4) is 5.75 Å². The van der Waals surface area contributed by atoms with E-state index in [9.17, 15) is 0 Å². The topological polar surface area (TPSA) is 41.7 Å². The first-order valence-electron chi connectivity index (χ1n) is 7.06. The number of rotatable bonds is 5. The summed E-state index contributed by atoms with van der Waals surface area (Å²) in [7, 11) is 1.71. The normalized spacial score (nSPS) is 18.4. The number of anilines is 1. The molecule has 0 spiro atoms. The van der Waals surface area contributed by atoms with Crippen LogP contribution in [0.1, 0.15) is 13.3 Å². The van der Waals surface area contributed by atoms with Crippen LogP contribution in [0.5, 0.6) is 5.75 Å². The van der Waals surface area contributed by atoms with Crippen LogP contribution in [-0.4, -0.2) is 50.8 Å². The SMILES string of the molecule is COc1cccc(N2CCN(CCC(C)N)CC2)c1. The number of nitrogens with two attached hydrogens (primary N) is 1. The van der Waals surface area contributed by atoms with E-state index < -0.39 is 0 Å². The quantitative estimate of drug-likeness (QED) is 0.875. The van der Waals surface area contributed by atoms with Gasteiger partial charge in [-0.2, -0.15) is 0 Å². The fraction of sp³-hybridized carbons (Fsp3) is 0.600. The monoisotopic (exact) mass is 263 g/mol. The Kier molecular flexibility index (Phi) is 5.05. The highest BCUT2D eigenvalue weighted by Crippen LogP contribution is 2.22. The smallest absolute Gasteiger partial charge is 0.120 e. The Balaban J connectivity index is 1.85. The molecule has 0 bridgehead atoms. The lowest BCUT2D eigenvalue weighted by Gasteiger charge is -2.36. The van der Waals surface area contributed by atoms with Crippen molar-refractivity contribution < 1.29 is 4.74 Å². The van der Waals surface area contributed by atoms with Gasteiger partial charge in [-0.25, -0.2) is 0 Å². The summed E-state index contributed by atoms with van der Waals surface area (Å²) in [4.78, 5) is 4.92. The van der Waals surface area contributed by atoms with Gasteiger partial charge in [-0.05, 0) is 32.0 Å². The van der Waals surface area contributed by atoms with Crippen LogP contribution in [0.3, 0.4) is 0 Å². The number of methoxy groups -OCH3 is 1. The summed E-state index contributed by atoms with van der Waals surface area (Å²) in [5, 5.41) is 0. The van der Waals surface area contributed by atoms with Gasteiger partial charge < -0.3 is 15.4 Å². The predicted octanol–water partition coefficient (Wildman–Crippen LogP) is 1.55. The van der Waals surface area contributed by atoms with Gasteiger partial charge in [-0.3, -0.25) is 4.90 Å². The second-order valence-electron chi connectivity index (χ2n) is 5.30. The first-order chi connectivity index (χ1) is 9.19. The zero-order chi connectivity index (χ0) is 13.7. The number of hydrogen-bond donors (Lipinski definition) is 1. The lowest BCUT2D eigenvalue weighted by molar-refractivity contribution is 0.250. The highest BCUT2D eigenvalue weighted by Gasteiger charge is 2.17. The molecule has 4 heteroatoms. The molecular formula is C15H25N3O. The van der Waals surface area contributed by atoms with E-state index in [1.807, 2.05) is 6.07 Å². The van der Waals surface area contributed by atoms with Crippen molar-refractivity contribution in [2.45, 2.75) is 19.4 Å². The standard InChI is InChI=1S/C15H25N3O/c1-13(16)6-7-17-8-10-18(11-9-17)14-4-3-5-15(12-14)19-2/h3-5,12-13H,6-11,16H2,1-2H3. The van der Waals surface area contributed by atoms with Gasteiger partial charge >= 0.3 is 0 Å². The highest BCUT2D eigenvalue weighted by molar-refractivity contribution is 5.51. The van der Waals surface area contributed by atoms with E-state index in [1.54, 1.807) is 7.11 Å². The maximum atomic E-state index is 5.81. The van der Waals surface area contributed by atoms with Crippen molar-refractivity contribution in [3.63, 3.8) is 0 Å². The molecule has 19 heavy (non-hydrogen) atoms. The lowest BCUT2D eigenvalue weighted by Crippen LogP contribution is -2.47. The number of hydrogen-bond acceptors (Lipinski definition) is 4. The third-order valence-corrected chi connectivity index (χ3v) is 3.69. The molecule has 0 saturated carbocycles. The minimum absolute atomic E-state index is 0.302. The maximum Gasteiger partial charge on any atom is 0.120 e. The van der Waals surface area contributed by atoms with E-state index in [0.29, 0.717) is 6.04 Å². The van der Waals surface area contributed by atoms with Crippen molar-refractivity contribution in [1.82, 2.24) is 4.90 Å². The Morgan fingerprint density at radius 2 is 2.00 bits per heavy atom. The van der Waals surface area contributed by atoms with Crippen molar-refractivity contribution in [2.24, 2.45) is 5.73 Å². The summed E-state index contributed by atoms with van der Waals surface area (Å²) in [6.07, 6.45) is 1.08. The minimum Gasteiger partial charge on any atom is -0.497 e. The Morgan fingerprint density at radius 1 is 1.26 bits per heavy atom. The van der Waals surface area contributed by atoms with Crippen molar-refractivity contribution in [3.05, 3.63) is 24.3 Å². The first kappa shape index (κ1) is 14.2. The zero-order valence-corrected chi connectivity index (χ0v) is 12.0. The third-order valence-electron chi connectivity index (χ3n) is 3.69. The summed E-state index contributed by atoms with van der Waals surface area (Å²) in [6.45, 7) is 7.57. The predicted molar refractivity (Wildman–Crippen MR) is 79.9 cm³/mol. The number of nitrogens with zero attached hydrogens (tertiary/aromatic N) is 2. The fourth-order valence-electron chi connectivity index (χ4n) is 2.42. The second-order valence-corrected chi connectivity index (χ2v) is 5.30. The summed E-state index contributed by atoms with van der Waals surface area (Å²) in [5.74, 6) is 0.928. The molecule has 2 N–H and O–H groups in total. The Morgan fingerprint density at radius 3 is 2.63 bits per heavy atom. The third kappa shape index (κ3) is 4.11. The summed E-state index contributed by atoms with van der Waals surface area (Å²) in [5.41, 5.74) is 7.06. The van der Waals surface area contributed by atoms with Gasteiger partial charge in [0.05, 0.1) is 7.11 Å². The average molecular weight is 263 g/mol. The molecule has 1 aliphatic heterocycles. The molecule has 1 aromatic rings. The van der Waals surface area contributed by atoms with E-state index in [0.717, 1.165) is 44.9 Å². The molecule has 0 aromatic heterocycles. The number of ether oxygens (including phenoxy) is 1. The van der Waals surface area contributed by atoms with Crippen molar-refractivity contribution in [1.29, 1.82) is 0 Å². The van der Waals surface area contributed by atoms with Crippen molar-refractivity contribution in [2.75, 3.05) is 44.7 Å². The van der Waals surface area contributed by atoms with E-state index in [4.69, 9.17) is 10.5 Å². The number of benzene rings is 1. The van der Waals surface area contributed by atoms with Gasteiger partial charge in [-0.15, -0.1) is 0 Å². The molecule has 1 saturated heterocycles. The van der Waals surface area contributed by atoms with Gasteiger partial charge in [0.1, 0.15) is 5.75 Å². The van der Waals surface area contributed by atoms with Crippen LogP contribution in [0.25, 0.3) is 0 Å². The molecule has 1 atom stereocenters. The molecule has 0 radical (unpaired) electrons. The molecule has 1 aromatic carbocycles. The fourth-order valence-corrected chi connectivity index (χ4v) is 2.42. The maximum absolute atomic E-state index is 5.81. The Bertz CT molecular complexity index is 387. The van der Waals surface area contributed by atoms with Gasteiger partial charge in [0, 0.05) is 44.0 Å². The van der Waals surface area contributed by atoms with Gasteiger partial charge in [-0.1, -0.05) is 6.07 Å². The average Bonchev–Trinajstić information content (AvgIpc) is 2.45. The summed E-state index contributed by atoms with van der Waals surface area (Å²) in [6, 6.07) is 8.60. The molecule has 1 fully saturated rings. The summed E-state index contributed by atoms with van der Waals surface area (Å²) >= 11 is 0. The minimum atomic E-state index is 0.302. The molecule has 1 unspecified atom stereocenters. The van der Waals surface area contributed by atoms with Crippen LogP contribution in [0.4, 0.5) is 5.69 Å². The van der Waals surface area contributed by atoms with E-state index >= 15 is 0 Å². The zero-order valence-electron chi connectivity index (χ0n) is 12.0. The van der Waals surface area contributed by atoms with Crippen LogP contribution < -0.4 is 15.4 Å². The second kappa shape index (κ2) is 6.78. The first-order valence-corrected chi connectivity index (χ1v) is 7.06. The molecule has 1 aliphatic rings. The molecule has 1 heterocycles. The molecule has 0 amide bonds. The molecule has 106 valence electrons. The van der Waals surface area contributed by atoms with Gasteiger partial charge in [0.2, 0.25) is 0 Å². The summed E-state index contributed by atoms with van der Waals surface area (Å²) < 4.78 is 5.28. The van der Waals surface area contributed by atoms with Gasteiger partial charge in [0.15, 0.2) is 0 Å². The van der Waals surface area contributed by atoms with E-state index in [2.05, 4.69) is 34.9 Å². The van der Waals surface area contributed by atoms with E-state index in [-0.39, 0.29) is 0 Å². The van der Waals surface area contributed by atoms with Crippen LogP contribution >= 0.6 is 0 Å². The molecule has 4 nitrogen and oxygen atoms in total. The molecule has 2 rings (SSSR count). The van der Waals surface area contributed by atoms with Crippen LogP contribution in [-0.2, 0) is 0 Å². The number of piperazine rings is 1. The Labute approximate surface area is 116 Å². The van der Waals surface area contributed by atoms with Crippen molar-refractivity contribution >= 4 is 5.69 Å². The van der Waals surface area contributed by atoms with E-state index in [1.165, 1.54) is 5.69 Å². The lowest BCUT2D eigenvalue weighted by atomic mass is 10.2. The highest BCUT2D eigenvalue weighted by atomic mass is 16.5. The molecule has 0 aliphatic carbocycles. The molecular weight excluding hydrogens is 238 g/mol. The van der Waals surface area contributed by atoms with Crippen LogP contribution in [0.2, 0.25) is 0 Å². The van der Waals surface area contributed by atoms with Gasteiger partial charge in [0.25, 0.3) is 0 Å². The van der Waals surface area contributed by atoms with Crippen LogP contribution in [0, 0.1) is 0 Å². The largest absolute Gasteiger partial charge is 0.497 e.